The molecule has 0 aliphatic carbocycles. The topological polar surface area (TPSA) is 39.4 Å². The van der Waals surface area contributed by atoms with Gasteiger partial charge in [0.2, 0.25) is 0 Å². The van der Waals surface area contributed by atoms with Crippen molar-refractivity contribution in [3.05, 3.63) is 64.6 Å². The molecule has 3 rings (SSSR count). The van der Waals surface area contributed by atoms with Crippen LogP contribution in [0.1, 0.15) is 0 Å². The van der Waals surface area contributed by atoms with E-state index in [-0.39, 0.29) is 11.0 Å². The van der Waals surface area contributed by atoms with E-state index in [1.165, 1.54) is 25.3 Å². The lowest BCUT2D eigenvalue weighted by atomic mass is 10.1. The van der Waals surface area contributed by atoms with Crippen LogP contribution in [0.25, 0.3) is 22.3 Å². The zero-order valence-electron chi connectivity index (χ0n) is 10.7. The molecule has 1 aromatic heterocycles. The highest BCUT2D eigenvalue weighted by atomic mass is 19.1. The first-order chi connectivity index (χ1) is 9.69. The molecule has 2 aromatic carbocycles. The number of fused-ring (bicyclic) bond motifs is 1. The number of halogens is 1. The third-order valence-electron chi connectivity index (χ3n) is 3.05. The van der Waals surface area contributed by atoms with Crippen LogP contribution in [0.2, 0.25) is 0 Å². The van der Waals surface area contributed by atoms with E-state index in [9.17, 15) is 9.18 Å². The molecule has 0 fully saturated rings. The number of methoxy groups -OCH3 is 1. The van der Waals surface area contributed by atoms with Crippen LogP contribution in [0.15, 0.2) is 57.7 Å². The molecule has 3 nitrogen and oxygen atoms in total. The molecule has 20 heavy (non-hydrogen) atoms. The molecule has 0 unspecified atom stereocenters. The summed E-state index contributed by atoms with van der Waals surface area (Å²) in [4.78, 5) is 12.1. The highest BCUT2D eigenvalue weighted by Crippen LogP contribution is 2.26. The summed E-state index contributed by atoms with van der Waals surface area (Å²) in [5.41, 5.74) is 0.521. The number of hydrogen-bond acceptors (Lipinski definition) is 3. The fraction of sp³-hybridized carbons (Fsp3) is 0.0625. The van der Waals surface area contributed by atoms with E-state index in [1.54, 1.807) is 0 Å². The van der Waals surface area contributed by atoms with Gasteiger partial charge in [-0.2, -0.15) is 0 Å². The van der Waals surface area contributed by atoms with Gasteiger partial charge in [0.25, 0.3) is 0 Å². The fourth-order valence-corrected chi connectivity index (χ4v) is 2.08. The minimum absolute atomic E-state index is 0.0644. The lowest BCUT2D eigenvalue weighted by Crippen LogP contribution is -2.03. The molecule has 0 spiro atoms. The van der Waals surface area contributed by atoms with E-state index in [0.29, 0.717) is 11.5 Å². The minimum atomic E-state index is -0.646. The quantitative estimate of drug-likeness (QED) is 0.714. The van der Waals surface area contributed by atoms with Gasteiger partial charge in [0.15, 0.2) is 5.43 Å². The van der Waals surface area contributed by atoms with Crippen LogP contribution in [0.4, 0.5) is 4.39 Å². The number of hydrogen-bond donors (Lipinski definition) is 0. The number of rotatable bonds is 2. The standard InChI is InChI=1S/C16H11FO3/c1-19-11-7-12(17)16-13(18)9-14(20-15(16)8-11)10-5-3-2-4-6-10/h2-9H,1H3. The average molecular weight is 270 g/mol. The van der Waals surface area contributed by atoms with Crippen molar-refractivity contribution in [1.82, 2.24) is 0 Å². The number of ether oxygens (including phenoxy) is 1. The molecule has 0 saturated carbocycles. The minimum Gasteiger partial charge on any atom is -0.497 e. The summed E-state index contributed by atoms with van der Waals surface area (Å²) in [5, 5.41) is -0.0644. The molecule has 0 bridgehead atoms. The van der Waals surface area contributed by atoms with Gasteiger partial charge in [-0.15, -0.1) is 0 Å². The Bertz CT molecular complexity index is 822. The molecule has 1 heterocycles. The zero-order valence-corrected chi connectivity index (χ0v) is 10.7. The van der Waals surface area contributed by atoms with Gasteiger partial charge in [0.1, 0.15) is 28.3 Å². The Morgan fingerprint density at radius 2 is 1.85 bits per heavy atom. The molecular formula is C16H11FO3. The number of benzene rings is 2. The largest absolute Gasteiger partial charge is 0.497 e. The van der Waals surface area contributed by atoms with E-state index in [0.717, 1.165) is 5.56 Å². The van der Waals surface area contributed by atoms with E-state index in [1.807, 2.05) is 30.3 Å². The molecule has 0 amide bonds. The normalized spacial score (nSPS) is 10.7. The van der Waals surface area contributed by atoms with Crippen LogP contribution in [0.5, 0.6) is 5.75 Å². The monoisotopic (exact) mass is 270 g/mol. The first-order valence-electron chi connectivity index (χ1n) is 6.06. The maximum Gasteiger partial charge on any atom is 0.196 e. The molecule has 100 valence electrons. The van der Waals surface area contributed by atoms with Crippen molar-refractivity contribution >= 4 is 11.0 Å². The first-order valence-corrected chi connectivity index (χ1v) is 6.06. The second-order valence-electron chi connectivity index (χ2n) is 4.32. The van der Waals surface area contributed by atoms with Crippen LogP contribution >= 0.6 is 0 Å². The Morgan fingerprint density at radius 3 is 2.55 bits per heavy atom. The van der Waals surface area contributed by atoms with Gasteiger partial charge in [0, 0.05) is 23.8 Å². The van der Waals surface area contributed by atoms with Crippen LogP contribution in [0.3, 0.4) is 0 Å². The van der Waals surface area contributed by atoms with Crippen molar-refractivity contribution in [1.29, 1.82) is 0 Å². The smallest absolute Gasteiger partial charge is 0.196 e. The second kappa shape index (κ2) is 4.81. The molecule has 0 aliphatic heterocycles. The second-order valence-corrected chi connectivity index (χ2v) is 4.32. The summed E-state index contributed by atoms with van der Waals surface area (Å²) < 4.78 is 24.5. The van der Waals surface area contributed by atoms with Gasteiger partial charge in [-0.1, -0.05) is 30.3 Å². The Kier molecular flexibility index (Phi) is 2.99. The van der Waals surface area contributed by atoms with Crippen molar-refractivity contribution in [3.8, 4) is 17.1 Å². The lowest BCUT2D eigenvalue weighted by molar-refractivity contribution is 0.411. The van der Waals surface area contributed by atoms with Crippen molar-refractivity contribution in [2.24, 2.45) is 0 Å². The first kappa shape index (κ1) is 12.4. The summed E-state index contributed by atoms with van der Waals surface area (Å²) in [6, 6.07) is 13.2. The molecular weight excluding hydrogens is 259 g/mol. The SMILES string of the molecule is COc1cc(F)c2c(=O)cc(-c3ccccc3)oc2c1. The van der Waals surface area contributed by atoms with Crippen LogP contribution in [0, 0.1) is 5.82 Å². The van der Waals surface area contributed by atoms with Gasteiger partial charge >= 0.3 is 0 Å². The maximum atomic E-state index is 13.9. The average Bonchev–Trinajstić information content (AvgIpc) is 2.47. The third kappa shape index (κ3) is 2.05. The maximum absolute atomic E-state index is 13.9. The van der Waals surface area contributed by atoms with E-state index in [4.69, 9.17) is 9.15 Å². The van der Waals surface area contributed by atoms with Crippen LogP contribution in [-0.2, 0) is 0 Å². The predicted molar refractivity (Wildman–Crippen MR) is 74.4 cm³/mol. The lowest BCUT2D eigenvalue weighted by Gasteiger charge is -2.06. The molecule has 0 saturated heterocycles. The Morgan fingerprint density at radius 1 is 1.10 bits per heavy atom. The van der Waals surface area contributed by atoms with Crippen LogP contribution in [-0.4, -0.2) is 7.11 Å². The van der Waals surface area contributed by atoms with Gasteiger partial charge in [-0.25, -0.2) is 4.39 Å². The zero-order chi connectivity index (χ0) is 14.1. The highest BCUT2D eigenvalue weighted by Gasteiger charge is 2.12. The molecule has 0 radical (unpaired) electrons. The Hall–Kier alpha value is -2.62. The molecule has 0 atom stereocenters. The van der Waals surface area contributed by atoms with Gasteiger partial charge in [-0.3, -0.25) is 4.79 Å². The summed E-state index contributed by atoms with van der Waals surface area (Å²) in [7, 11) is 1.43. The summed E-state index contributed by atoms with van der Waals surface area (Å²) in [6.07, 6.45) is 0. The van der Waals surface area contributed by atoms with Crippen molar-refractivity contribution in [3.63, 3.8) is 0 Å². The van der Waals surface area contributed by atoms with E-state index in [2.05, 4.69) is 0 Å². The molecule has 3 aromatic rings. The molecule has 4 heteroatoms. The highest BCUT2D eigenvalue weighted by molar-refractivity contribution is 5.80. The van der Waals surface area contributed by atoms with Gasteiger partial charge in [0.05, 0.1) is 7.11 Å². The van der Waals surface area contributed by atoms with E-state index < -0.39 is 11.2 Å². The summed E-state index contributed by atoms with van der Waals surface area (Å²) in [6.45, 7) is 0. The van der Waals surface area contributed by atoms with Gasteiger partial charge < -0.3 is 9.15 Å². The van der Waals surface area contributed by atoms with Crippen molar-refractivity contribution < 1.29 is 13.5 Å². The summed E-state index contributed by atoms with van der Waals surface area (Å²) in [5.74, 6) is 0.0619. The van der Waals surface area contributed by atoms with Gasteiger partial charge in [-0.05, 0) is 0 Å². The fourth-order valence-electron chi connectivity index (χ4n) is 2.08. The van der Waals surface area contributed by atoms with Crippen LogP contribution < -0.4 is 10.2 Å². The van der Waals surface area contributed by atoms with Crippen molar-refractivity contribution in [2.75, 3.05) is 7.11 Å². The third-order valence-corrected chi connectivity index (χ3v) is 3.05. The summed E-state index contributed by atoms with van der Waals surface area (Å²) >= 11 is 0. The molecule has 0 N–H and O–H groups in total. The molecule has 0 aliphatic rings. The predicted octanol–water partition coefficient (Wildman–Crippen LogP) is 3.61. The Balaban J connectivity index is 2.31. The Labute approximate surface area is 114 Å². The van der Waals surface area contributed by atoms with Crippen molar-refractivity contribution in [2.45, 2.75) is 0 Å². The van der Waals surface area contributed by atoms with E-state index >= 15 is 0 Å².